The monoisotopic (exact) mass is 320 g/mol. The van der Waals surface area contributed by atoms with Crippen LogP contribution in [0.3, 0.4) is 0 Å². The highest BCUT2D eigenvalue weighted by Crippen LogP contribution is 2.31. The molecule has 0 aliphatic heterocycles. The van der Waals surface area contributed by atoms with Gasteiger partial charge in [-0.15, -0.1) is 0 Å². The summed E-state index contributed by atoms with van der Waals surface area (Å²) in [6.07, 6.45) is 2.30. The van der Waals surface area contributed by atoms with E-state index in [1.54, 1.807) is 0 Å². The first-order chi connectivity index (χ1) is 11.6. The van der Waals surface area contributed by atoms with E-state index >= 15 is 0 Å². The van der Waals surface area contributed by atoms with Gasteiger partial charge in [0.1, 0.15) is 0 Å². The molecule has 0 aromatic heterocycles. The van der Waals surface area contributed by atoms with E-state index in [4.69, 9.17) is 0 Å². The lowest BCUT2D eigenvalue weighted by Crippen LogP contribution is -2.44. The van der Waals surface area contributed by atoms with Crippen LogP contribution in [0, 0.1) is 11.3 Å². The SMILES string of the molecule is CCCCC(C#N)(C(=O)NC(C)c1ccccc1)c1ccccc1. The Kier molecular flexibility index (Phi) is 6.14. The molecule has 0 saturated heterocycles. The van der Waals surface area contributed by atoms with Crippen molar-refractivity contribution in [2.75, 3.05) is 0 Å². The molecule has 0 bridgehead atoms. The van der Waals surface area contributed by atoms with Crippen LogP contribution in [0.15, 0.2) is 60.7 Å². The van der Waals surface area contributed by atoms with Crippen LogP contribution in [0.1, 0.15) is 50.3 Å². The van der Waals surface area contributed by atoms with Crippen molar-refractivity contribution >= 4 is 5.91 Å². The molecule has 0 spiro atoms. The predicted molar refractivity (Wildman–Crippen MR) is 96.3 cm³/mol. The van der Waals surface area contributed by atoms with E-state index < -0.39 is 5.41 Å². The second kappa shape index (κ2) is 8.31. The second-order valence-corrected chi connectivity index (χ2v) is 6.09. The fourth-order valence-corrected chi connectivity index (χ4v) is 2.87. The maximum atomic E-state index is 13.1. The number of hydrogen-bond donors (Lipinski definition) is 1. The van der Waals surface area contributed by atoms with Crippen LogP contribution in [0.25, 0.3) is 0 Å². The molecule has 1 N–H and O–H groups in total. The highest BCUT2D eigenvalue weighted by molar-refractivity contribution is 5.91. The number of nitrogens with zero attached hydrogens (tertiary/aromatic N) is 1. The van der Waals surface area contributed by atoms with Crippen molar-refractivity contribution in [3.05, 3.63) is 71.8 Å². The van der Waals surface area contributed by atoms with Crippen molar-refractivity contribution in [1.82, 2.24) is 5.32 Å². The maximum absolute atomic E-state index is 13.1. The zero-order valence-corrected chi connectivity index (χ0v) is 14.3. The number of carbonyl (C=O) groups excluding carboxylic acids is 1. The molecular weight excluding hydrogens is 296 g/mol. The third kappa shape index (κ3) is 3.83. The summed E-state index contributed by atoms with van der Waals surface area (Å²) in [7, 11) is 0. The highest BCUT2D eigenvalue weighted by atomic mass is 16.2. The zero-order valence-electron chi connectivity index (χ0n) is 14.3. The maximum Gasteiger partial charge on any atom is 0.245 e. The lowest BCUT2D eigenvalue weighted by molar-refractivity contribution is -0.125. The average Bonchev–Trinajstić information content (AvgIpc) is 2.64. The third-order valence-electron chi connectivity index (χ3n) is 4.40. The number of amides is 1. The van der Waals surface area contributed by atoms with E-state index in [2.05, 4.69) is 18.3 Å². The summed E-state index contributed by atoms with van der Waals surface area (Å²) in [5, 5.41) is 12.9. The Morgan fingerprint density at radius 3 is 2.25 bits per heavy atom. The Morgan fingerprint density at radius 1 is 1.12 bits per heavy atom. The molecule has 24 heavy (non-hydrogen) atoms. The van der Waals surface area contributed by atoms with E-state index in [-0.39, 0.29) is 11.9 Å². The Hall–Kier alpha value is -2.60. The quantitative estimate of drug-likeness (QED) is 0.815. The van der Waals surface area contributed by atoms with Crippen molar-refractivity contribution < 1.29 is 4.79 Å². The summed E-state index contributed by atoms with van der Waals surface area (Å²) in [4.78, 5) is 13.1. The van der Waals surface area contributed by atoms with Crippen LogP contribution in [0.5, 0.6) is 0 Å². The molecule has 2 rings (SSSR count). The van der Waals surface area contributed by atoms with Gasteiger partial charge < -0.3 is 5.32 Å². The van der Waals surface area contributed by atoms with Crippen molar-refractivity contribution in [3.8, 4) is 6.07 Å². The summed E-state index contributed by atoms with van der Waals surface area (Å²) in [5.74, 6) is -0.221. The number of hydrogen-bond acceptors (Lipinski definition) is 2. The Balaban J connectivity index is 2.30. The predicted octanol–water partition coefficient (Wildman–Crippen LogP) is 4.52. The van der Waals surface area contributed by atoms with Crippen LogP contribution in [0.4, 0.5) is 0 Å². The number of benzene rings is 2. The van der Waals surface area contributed by atoms with Gasteiger partial charge in [0.25, 0.3) is 0 Å². The van der Waals surface area contributed by atoms with Crippen molar-refractivity contribution in [3.63, 3.8) is 0 Å². The summed E-state index contributed by atoms with van der Waals surface area (Å²) in [6.45, 7) is 4.01. The molecule has 3 nitrogen and oxygen atoms in total. The molecule has 0 radical (unpaired) electrons. The standard InChI is InChI=1S/C21H24N2O/c1-3-4-15-21(16-22,19-13-9-6-10-14-19)20(24)23-17(2)18-11-7-5-8-12-18/h5-14,17H,3-4,15H2,1-2H3,(H,23,24). The molecule has 0 fully saturated rings. The van der Waals surface area contributed by atoms with Crippen LogP contribution in [0.2, 0.25) is 0 Å². The average molecular weight is 320 g/mol. The fraction of sp³-hybridized carbons (Fsp3) is 0.333. The van der Waals surface area contributed by atoms with Gasteiger partial charge in [-0.25, -0.2) is 0 Å². The molecule has 0 aliphatic rings. The first-order valence-corrected chi connectivity index (χ1v) is 8.46. The fourth-order valence-electron chi connectivity index (χ4n) is 2.87. The molecule has 2 aromatic rings. The largest absolute Gasteiger partial charge is 0.348 e. The topological polar surface area (TPSA) is 52.9 Å². The van der Waals surface area contributed by atoms with Crippen LogP contribution >= 0.6 is 0 Å². The van der Waals surface area contributed by atoms with Gasteiger partial charge >= 0.3 is 0 Å². The number of nitrogens with one attached hydrogen (secondary N) is 1. The van der Waals surface area contributed by atoms with Gasteiger partial charge in [-0.05, 0) is 24.5 Å². The minimum atomic E-state index is -1.14. The number of nitriles is 1. The number of carbonyl (C=O) groups is 1. The minimum absolute atomic E-state index is 0.142. The minimum Gasteiger partial charge on any atom is -0.348 e. The molecule has 0 heterocycles. The second-order valence-electron chi connectivity index (χ2n) is 6.09. The number of rotatable bonds is 7. The lowest BCUT2D eigenvalue weighted by atomic mass is 9.76. The van der Waals surface area contributed by atoms with Gasteiger partial charge in [-0.1, -0.05) is 80.4 Å². The lowest BCUT2D eigenvalue weighted by Gasteiger charge is -2.28. The van der Waals surface area contributed by atoms with Gasteiger partial charge in [0.15, 0.2) is 5.41 Å². The third-order valence-corrected chi connectivity index (χ3v) is 4.40. The Morgan fingerprint density at radius 2 is 1.71 bits per heavy atom. The number of unbranched alkanes of at least 4 members (excludes halogenated alkanes) is 1. The summed E-state index contributed by atoms with van der Waals surface area (Å²) in [5.41, 5.74) is 0.653. The highest BCUT2D eigenvalue weighted by Gasteiger charge is 2.40. The molecule has 1 amide bonds. The summed E-state index contributed by atoms with van der Waals surface area (Å²) < 4.78 is 0. The van der Waals surface area contributed by atoms with E-state index in [0.29, 0.717) is 6.42 Å². The molecular formula is C21H24N2O. The van der Waals surface area contributed by atoms with Crippen LogP contribution in [-0.4, -0.2) is 5.91 Å². The van der Waals surface area contributed by atoms with E-state index in [0.717, 1.165) is 24.0 Å². The molecule has 0 aliphatic carbocycles. The Bertz CT molecular complexity index is 691. The van der Waals surface area contributed by atoms with Crippen molar-refractivity contribution in [1.29, 1.82) is 5.26 Å². The summed E-state index contributed by atoms with van der Waals surface area (Å²) >= 11 is 0. The van der Waals surface area contributed by atoms with Gasteiger partial charge in [-0.2, -0.15) is 5.26 Å². The van der Waals surface area contributed by atoms with E-state index in [9.17, 15) is 10.1 Å². The molecule has 3 heteroatoms. The molecule has 124 valence electrons. The van der Waals surface area contributed by atoms with Crippen molar-refractivity contribution in [2.45, 2.75) is 44.6 Å². The van der Waals surface area contributed by atoms with Gasteiger partial charge in [0.2, 0.25) is 5.91 Å². The smallest absolute Gasteiger partial charge is 0.245 e. The molecule has 0 saturated carbocycles. The first kappa shape index (κ1) is 17.7. The van der Waals surface area contributed by atoms with Gasteiger partial charge in [0.05, 0.1) is 12.1 Å². The van der Waals surface area contributed by atoms with E-state index in [1.807, 2.05) is 67.6 Å². The van der Waals surface area contributed by atoms with Gasteiger partial charge in [0, 0.05) is 0 Å². The van der Waals surface area contributed by atoms with E-state index in [1.165, 1.54) is 0 Å². The van der Waals surface area contributed by atoms with Gasteiger partial charge in [-0.3, -0.25) is 4.79 Å². The molecule has 2 atom stereocenters. The van der Waals surface area contributed by atoms with Crippen LogP contribution < -0.4 is 5.32 Å². The van der Waals surface area contributed by atoms with Crippen LogP contribution in [-0.2, 0) is 10.2 Å². The summed E-state index contributed by atoms with van der Waals surface area (Å²) in [6, 6.07) is 21.4. The normalized spacial score (nSPS) is 14.2. The first-order valence-electron chi connectivity index (χ1n) is 8.46. The Labute approximate surface area is 144 Å². The molecule has 2 unspecified atom stereocenters. The van der Waals surface area contributed by atoms with Crippen molar-refractivity contribution in [2.24, 2.45) is 0 Å². The molecule has 2 aromatic carbocycles. The zero-order chi connectivity index (χ0) is 17.4.